The van der Waals surface area contributed by atoms with Crippen molar-refractivity contribution < 1.29 is 23.7 Å². The van der Waals surface area contributed by atoms with Gasteiger partial charge >= 0.3 is 0 Å². The van der Waals surface area contributed by atoms with Crippen LogP contribution in [0.4, 0.5) is 0 Å². The van der Waals surface area contributed by atoms with Gasteiger partial charge in [-0.25, -0.2) is 0 Å². The Hall–Kier alpha value is -1.76. The number of fused-ring (bicyclic) bond motifs is 3. The summed E-state index contributed by atoms with van der Waals surface area (Å²) >= 11 is 0. The fourth-order valence-electron chi connectivity index (χ4n) is 3.46. The number of ether oxygens (including phenoxy) is 5. The number of hydrogen-bond donors (Lipinski definition) is 0. The van der Waals surface area contributed by atoms with Crippen molar-refractivity contribution in [2.24, 2.45) is 0 Å². The van der Waals surface area contributed by atoms with Crippen molar-refractivity contribution in [3.63, 3.8) is 0 Å². The largest absolute Gasteiger partial charge is 0.346 e. The van der Waals surface area contributed by atoms with Gasteiger partial charge in [-0.3, -0.25) is 0 Å². The van der Waals surface area contributed by atoms with Crippen molar-refractivity contribution in [3.8, 4) is 0 Å². The summed E-state index contributed by atoms with van der Waals surface area (Å²) in [6.07, 6.45) is -1.81. The Bertz CT molecular complexity index is 691. The van der Waals surface area contributed by atoms with Crippen LogP contribution in [-0.4, -0.2) is 31.2 Å². The fraction of sp³-hybridized carbons (Fsp3) is 0.368. The lowest BCUT2D eigenvalue weighted by atomic mass is 10.1. The van der Waals surface area contributed by atoms with E-state index in [-0.39, 0.29) is 18.3 Å². The van der Waals surface area contributed by atoms with Gasteiger partial charge in [0, 0.05) is 11.1 Å². The van der Waals surface area contributed by atoms with Gasteiger partial charge in [-0.2, -0.15) is 0 Å². The summed E-state index contributed by atoms with van der Waals surface area (Å²) in [4.78, 5) is 0. The summed E-state index contributed by atoms with van der Waals surface area (Å²) in [5.74, 6) is 0. The number of benzene rings is 2. The third kappa shape index (κ3) is 2.46. The highest BCUT2D eigenvalue weighted by Gasteiger charge is 2.55. The molecule has 24 heavy (non-hydrogen) atoms. The van der Waals surface area contributed by atoms with Crippen molar-refractivity contribution in [2.75, 3.05) is 6.61 Å². The molecule has 0 aliphatic carbocycles. The zero-order chi connectivity index (χ0) is 15.9. The zero-order valence-electron chi connectivity index (χ0n) is 13.0. The third-order valence-electron chi connectivity index (χ3n) is 4.64. The van der Waals surface area contributed by atoms with Crippen molar-refractivity contribution >= 4 is 0 Å². The second kappa shape index (κ2) is 5.95. The van der Waals surface area contributed by atoms with Crippen LogP contribution >= 0.6 is 0 Å². The highest BCUT2D eigenvalue weighted by atomic mass is 16.8. The highest BCUT2D eigenvalue weighted by Crippen LogP contribution is 2.43. The Morgan fingerprint density at radius 2 is 1.25 bits per heavy atom. The molecule has 0 radical (unpaired) electrons. The first-order valence-corrected chi connectivity index (χ1v) is 8.22. The molecular formula is C19H18O5. The predicted molar refractivity (Wildman–Crippen MR) is 83.8 cm³/mol. The summed E-state index contributed by atoms with van der Waals surface area (Å²) in [6, 6.07) is 19.8. The minimum absolute atomic E-state index is 0.156. The van der Waals surface area contributed by atoms with Gasteiger partial charge < -0.3 is 23.7 Å². The van der Waals surface area contributed by atoms with Gasteiger partial charge in [0.15, 0.2) is 18.9 Å². The molecule has 0 N–H and O–H groups in total. The zero-order valence-corrected chi connectivity index (χ0v) is 13.0. The molecule has 3 aliphatic heterocycles. The summed E-state index contributed by atoms with van der Waals surface area (Å²) in [6.45, 7) is 0.472. The summed E-state index contributed by atoms with van der Waals surface area (Å²) in [5, 5.41) is 0. The Balaban J connectivity index is 1.33. The van der Waals surface area contributed by atoms with Gasteiger partial charge in [0.2, 0.25) is 0 Å². The van der Waals surface area contributed by atoms with Crippen molar-refractivity contribution in [3.05, 3.63) is 71.8 Å². The van der Waals surface area contributed by atoms with Crippen LogP contribution in [0.2, 0.25) is 0 Å². The second-order valence-electron chi connectivity index (χ2n) is 6.20. The van der Waals surface area contributed by atoms with Gasteiger partial charge in [0.25, 0.3) is 0 Å². The molecule has 3 fully saturated rings. The fourth-order valence-corrected chi connectivity index (χ4v) is 3.46. The Labute approximate surface area is 140 Å². The highest BCUT2D eigenvalue weighted by molar-refractivity contribution is 5.18. The van der Waals surface area contributed by atoms with E-state index in [1.54, 1.807) is 0 Å². The quantitative estimate of drug-likeness (QED) is 0.849. The average Bonchev–Trinajstić information content (AvgIpc) is 3.21. The first kappa shape index (κ1) is 14.6. The van der Waals surface area contributed by atoms with E-state index in [0.29, 0.717) is 6.61 Å². The van der Waals surface area contributed by atoms with Crippen molar-refractivity contribution in [1.82, 2.24) is 0 Å². The lowest BCUT2D eigenvalue weighted by molar-refractivity contribution is -0.273. The molecule has 5 nitrogen and oxygen atoms in total. The standard InChI is InChI=1S/C19H18O5/c1-3-7-12(8-4-1)17-20-11-14-15(22-17)16-19(21-14)24-18(23-16)13-9-5-2-6-10-13/h1-10,14-19H,11H2/t14-,15+,16-,17+,18-,19-/m1/s1. The van der Waals surface area contributed by atoms with Crippen LogP contribution in [0.1, 0.15) is 23.7 Å². The topological polar surface area (TPSA) is 46.2 Å². The van der Waals surface area contributed by atoms with E-state index in [2.05, 4.69) is 0 Å². The molecule has 0 spiro atoms. The Morgan fingerprint density at radius 3 is 1.96 bits per heavy atom. The van der Waals surface area contributed by atoms with Crippen LogP contribution in [0.3, 0.4) is 0 Å². The van der Waals surface area contributed by atoms with Crippen LogP contribution in [0.5, 0.6) is 0 Å². The summed E-state index contributed by atoms with van der Waals surface area (Å²) in [5.41, 5.74) is 1.98. The SMILES string of the molecule is c1ccc([C@H]2OC[C@H]3O[C@@H]4O[C@H](c5ccccc5)O[C@@H]4[C@H]3O2)cc1. The first-order chi connectivity index (χ1) is 11.9. The lowest BCUT2D eigenvalue weighted by Crippen LogP contribution is -2.43. The van der Waals surface area contributed by atoms with Crippen LogP contribution in [-0.2, 0) is 23.7 Å². The van der Waals surface area contributed by atoms with Crippen LogP contribution in [0, 0.1) is 0 Å². The minimum Gasteiger partial charge on any atom is -0.346 e. The van der Waals surface area contributed by atoms with Gasteiger partial charge in [-0.1, -0.05) is 60.7 Å². The van der Waals surface area contributed by atoms with E-state index in [9.17, 15) is 0 Å². The average molecular weight is 326 g/mol. The Morgan fingerprint density at radius 1 is 0.625 bits per heavy atom. The monoisotopic (exact) mass is 326 g/mol. The minimum atomic E-state index is -0.414. The molecule has 5 heteroatoms. The number of hydrogen-bond acceptors (Lipinski definition) is 5. The molecule has 0 aromatic heterocycles. The molecule has 0 unspecified atom stereocenters. The normalized spacial score (nSPS) is 37.8. The van der Waals surface area contributed by atoms with E-state index < -0.39 is 18.9 Å². The van der Waals surface area contributed by atoms with Crippen molar-refractivity contribution in [2.45, 2.75) is 37.2 Å². The van der Waals surface area contributed by atoms with Gasteiger partial charge in [0.1, 0.15) is 18.3 Å². The van der Waals surface area contributed by atoms with E-state index in [1.165, 1.54) is 0 Å². The second-order valence-corrected chi connectivity index (χ2v) is 6.20. The maximum atomic E-state index is 6.14. The molecule has 0 saturated carbocycles. The lowest BCUT2D eigenvalue weighted by Gasteiger charge is -2.33. The molecule has 6 atom stereocenters. The van der Waals surface area contributed by atoms with Crippen LogP contribution < -0.4 is 0 Å². The number of rotatable bonds is 2. The van der Waals surface area contributed by atoms with Gasteiger partial charge in [0.05, 0.1) is 6.61 Å². The molecule has 2 aromatic carbocycles. The molecule has 3 heterocycles. The molecule has 3 aliphatic rings. The predicted octanol–water partition coefficient (Wildman–Crippen LogP) is 2.94. The third-order valence-corrected chi connectivity index (χ3v) is 4.64. The van der Waals surface area contributed by atoms with Crippen LogP contribution in [0.15, 0.2) is 60.7 Å². The molecular weight excluding hydrogens is 308 g/mol. The molecule has 0 amide bonds. The van der Waals surface area contributed by atoms with Gasteiger partial charge in [-0.05, 0) is 0 Å². The molecule has 5 rings (SSSR count). The van der Waals surface area contributed by atoms with E-state index in [0.717, 1.165) is 11.1 Å². The summed E-state index contributed by atoms with van der Waals surface area (Å²) in [7, 11) is 0. The molecule has 0 bridgehead atoms. The maximum absolute atomic E-state index is 6.14. The summed E-state index contributed by atoms with van der Waals surface area (Å²) < 4.78 is 29.9. The smallest absolute Gasteiger partial charge is 0.190 e. The Kier molecular flexibility index (Phi) is 3.61. The molecule has 3 saturated heterocycles. The first-order valence-electron chi connectivity index (χ1n) is 8.22. The van der Waals surface area contributed by atoms with Gasteiger partial charge in [-0.15, -0.1) is 0 Å². The van der Waals surface area contributed by atoms with E-state index in [4.69, 9.17) is 23.7 Å². The van der Waals surface area contributed by atoms with Crippen molar-refractivity contribution in [1.29, 1.82) is 0 Å². The molecule has 2 aromatic rings. The maximum Gasteiger partial charge on any atom is 0.190 e. The molecule has 124 valence electrons. The van der Waals surface area contributed by atoms with E-state index >= 15 is 0 Å². The van der Waals surface area contributed by atoms with Crippen LogP contribution in [0.25, 0.3) is 0 Å². The van der Waals surface area contributed by atoms with E-state index in [1.807, 2.05) is 60.7 Å².